The maximum Gasteiger partial charge on any atom is 0.0320 e. The first-order valence-electron chi connectivity index (χ1n) is 9.13. The second-order valence-corrected chi connectivity index (χ2v) is 6.65. The molecule has 0 saturated heterocycles. The lowest BCUT2D eigenvalue weighted by molar-refractivity contribution is 0.409. The van der Waals surface area contributed by atoms with Gasteiger partial charge in [-0.05, 0) is 43.4 Å². The predicted octanol–water partition coefficient (Wildman–Crippen LogP) is 5.97. The van der Waals surface area contributed by atoms with Crippen LogP contribution in [0.1, 0.15) is 94.2 Å². The van der Waals surface area contributed by atoms with Gasteiger partial charge in [0.25, 0.3) is 0 Å². The Morgan fingerprint density at radius 3 is 2.43 bits per heavy atom. The van der Waals surface area contributed by atoms with E-state index in [-0.39, 0.29) is 0 Å². The molecular weight excluding hydrogens is 254 g/mol. The van der Waals surface area contributed by atoms with Crippen LogP contribution < -0.4 is 5.32 Å². The number of hydrogen-bond donors (Lipinski definition) is 1. The van der Waals surface area contributed by atoms with Gasteiger partial charge in [-0.3, -0.25) is 0 Å². The maximum absolute atomic E-state index is 3.56. The summed E-state index contributed by atoms with van der Waals surface area (Å²) in [4.78, 5) is 0. The van der Waals surface area contributed by atoms with Crippen LogP contribution in [0.5, 0.6) is 0 Å². The molecule has 0 amide bonds. The Bertz CT molecular complexity index is 395. The molecule has 0 aromatic heterocycles. The highest BCUT2D eigenvalue weighted by Gasteiger charge is 2.24. The highest BCUT2D eigenvalue weighted by Crippen LogP contribution is 2.40. The number of nitrogens with one attached hydrogen (secondary N) is 1. The molecule has 1 atom stereocenters. The summed E-state index contributed by atoms with van der Waals surface area (Å²) in [5, 5.41) is 3.56. The van der Waals surface area contributed by atoms with Gasteiger partial charge in [-0.2, -0.15) is 0 Å². The molecule has 1 nitrogen and oxygen atoms in total. The Balaban J connectivity index is 1.85. The minimum Gasteiger partial charge on any atom is -0.313 e. The van der Waals surface area contributed by atoms with Crippen LogP contribution in [0.2, 0.25) is 0 Å². The molecule has 1 aromatic carbocycles. The summed E-state index contributed by atoms with van der Waals surface area (Å²) < 4.78 is 0. The van der Waals surface area contributed by atoms with Gasteiger partial charge in [0, 0.05) is 6.04 Å². The Morgan fingerprint density at radius 1 is 1.05 bits per heavy atom. The summed E-state index contributed by atoms with van der Waals surface area (Å²) in [7, 11) is 2.12. The molecule has 1 aliphatic carbocycles. The largest absolute Gasteiger partial charge is 0.313 e. The Hall–Kier alpha value is -0.820. The summed E-state index contributed by atoms with van der Waals surface area (Å²) in [6, 6.07) is 9.70. The Labute approximate surface area is 131 Å². The van der Waals surface area contributed by atoms with Crippen LogP contribution in [-0.2, 0) is 0 Å². The molecule has 1 aromatic rings. The fourth-order valence-electron chi connectivity index (χ4n) is 3.50. The molecule has 0 heterocycles. The topological polar surface area (TPSA) is 12.0 Å². The van der Waals surface area contributed by atoms with Gasteiger partial charge in [-0.1, -0.05) is 76.1 Å². The second kappa shape index (κ2) is 9.25. The van der Waals surface area contributed by atoms with E-state index in [9.17, 15) is 0 Å². The van der Waals surface area contributed by atoms with Crippen LogP contribution >= 0.6 is 0 Å². The summed E-state index contributed by atoms with van der Waals surface area (Å²) in [6.45, 7) is 2.29. The molecule has 1 N–H and O–H groups in total. The first kappa shape index (κ1) is 16.5. The van der Waals surface area contributed by atoms with E-state index >= 15 is 0 Å². The van der Waals surface area contributed by atoms with Gasteiger partial charge < -0.3 is 5.32 Å². The van der Waals surface area contributed by atoms with Crippen molar-refractivity contribution < 1.29 is 0 Å². The third-order valence-electron chi connectivity index (χ3n) is 5.11. The second-order valence-electron chi connectivity index (χ2n) is 6.65. The monoisotopic (exact) mass is 287 g/mol. The van der Waals surface area contributed by atoms with Gasteiger partial charge in [-0.25, -0.2) is 0 Å². The molecule has 1 aliphatic rings. The van der Waals surface area contributed by atoms with Crippen molar-refractivity contribution in [1.29, 1.82) is 0 Å². The summed E-state index contributed by atoms with van der Waals surface area (Å²) in [5.74, 6) is 0.835. The fraction of sp³-hybridized carbons (Fsp3) is 0.700. The van der Waals surface area contributed by atoms with E-state index in [1.807, 2.05) is 0 Å². The zero-order valence-electron chi connectivity index (χ0n) is 14.0. The number of unbranched alkanes of at least 4 members (excludes halogenated alkanes) is 5. The predicted molar refractivity (Wildman–Crippen MR) is 92.8 cm³/mol. The van der Waals surface area contributed by atoms with Gasteiger partial charge in [0.2, 0.25) is 0 Å². The number of hydrogen-bond acceptors (Lipinski definition) is 1. The third-order valence-corrected chi connectivity index (χ3v) is 5.11. The quantitative estimate of drug-likeness (QED) is 0.523. The Morgan fingerprint density at radius 2 is 1.76 bits per heavy atom. The standard InChI is InChI=1S/C20H33N/c1-3-4-5-6-7-8-16-20(21-2)19-15-10-9-14-18(19)17-12-11-13-17/h9-10,14-15,17,20-21H,3-8,11-13,16H2,1-2H3. The Kier molecular flexibility index (Phi) is 7.29. The van der Waals surface area contributed by atoms with Gasteiger partial charge in [-0.15, -0.1) is 0 Å². The highest BCUT2D eigenvalue weighted by molar-refractivity contribution is 5.34. The molecule has 0 bridgehead atoms. The van der Waals surface area contributed by atoms with Crippen LogP contribution in [0.4, 0.5) is 0 Å². The van der Waals surface area contributed by atoms with Crippen LogP contribution in [0.3, 0.4) is 0 Å². The zero-order chi connectivity index (χ0) is 14.9. The molecule has 0 spiro atoms. The first-order valence-corrected chi connectivity index (χ1v) is 9.13. The molecule has 21 heavy (non-hydrogen) atoms. The molecule has 118 valence electrons. The molecular formula is C20H33N. The van der Waals surface area contributed by atoms with Crippen molar-refractivity contribution in [2.45, 2.75) is 83.1 Å². The van der Waals surface area contributed by atoms with Gasteiger partial charge in [0.1, 0.15) is 0 Å². The van der Waals surface area contributed by atoms with E-state index < -0.39 is 0 Å². The van der Waals surface area contributed by atoms with Crippen molar-refractivity contribution in [1.82, 2.24) is 5.32 Å². The fourth-order valence-corrected chi connectivity index (χ4v) is 3.50. The van der Waals surface area contributed by atoms with Crippen molar-refractivity contribution in [3.8, 4) is 0 Å². The van der Waals surface area contributed by atoms with Gasteiger partial charge in [0.05, 0.1) is 0 Å². The summed E-state index contributed by atoms with van der Waals surface area (Å²) in [6.07, 6.45) is 13.8. The lowest BCUT2D eigenvalue weighted by atomic mass is 9.77. The summed E-state index contributed by atoms with van der Waals surface area (Å²) in [5.41, 5.74) is 3.19. The minimum atomic E-state index is 0.549. The number of benzene rings is 1. The lowest BCUT2D eigenvalue weighted by Crippen LogP contribution is -2.20. The number of rotatable bonds is 10. The molecule has 2 rings (SSSR count). The summed E-state index contributed by atoms with van der Waals surface area (Å²) >= 11 is 0. The zero-order valence-corrected chi connectivity index (χ0v) is 14.0. The van der Waals surface area contributed by atoms with E-state index in [1.165, 1.54) is 64.2 Å². The van der Waals surface area contributed by atoms with Crippen molar-refractivity contribution in [2.24, 2.45) is 0 Å². The van der Waals surface area contributed by atoms with Crippen molar-refractivity contribution in [3.05, 3.63) is 35.4 Å². The van der Waals surface area contributed by atoms with E-state index in [1.54, 1.807) is 11.1 Å². The van der Waals surface area contributed by atoms with Crippen LogP contribution in [0.15, 0.2) is 24.3 Å². The smallest absolute Gasteiger partial charge is 0.0320 e. The van der Waals surface area contributed by atoms with Crippen LogP contribution in [0.25, 0.3) is 0 Å². The first-order chi connectivity index (χ1) is 10.4. The maximum atomic E-state index is 3.56. The van der Waals surface area contributed by atoms with Gasteiger partial charge in [0.15, 0.2) is 0 Å². The average Bonchev–Trinajstić information content (AvgIpc) is 2.46. The van der Waals surface area contributed by atoms with E-state index in [0.717, 1.165) is 5.92 Å². The minimum absolute atomic E-state index is 0.549. The molecule has 1 saturated carbocycles. The van der Waals surface area contributed by atoms with Crippen molar-refractivity contribution in [3.63, 3.8) is 0 Å². The third kappa shape index (κ3) is 4.85. The molecule has 1 fully saturated rings. The van der Waals surface area contributed by atoms with Crippen molar-refractivity contribution >= 4 is 0 Å². The van der Waals surface area contributed by atoms with Crippen LogP contribution in [-0.4, -0.2) is 7.05 Å². The van der Waals surface area contributed by atoms with Crippen LogP contribution in [0, 0.1) is 0 Å². The molecule has 0 aliphatic heterocycles. The van der Waals surface area contributed by atoms with E-state index in [0.29, 0.717) is 6.04 Å². The normalized spacial score (nSPS) is 16.7. The SMILES string of the molecule is CCCCCCCCC(NC)c1ccccc1C1CCC1. The van der Waals surface area contributed by atoms with Crippen molar-refractivity contribution in [2.75, 3.05) is 7.05 Å². The highest BCUT2D eigenvalue weighted by atomic mass is 14.9. The molecule has 1 heteroatoms. The van der Waals surface area contributed by atoms with E-state index in [4.69, 9.17) is 0 Å². The molecule has 1 unspecified atom stereocenters. The van der Waals surface area contributed by atoms with Gasteiger partial charge >= 0.3 is 0 Å². The average molecular weight is 287 g/mol. The van der Waals surface area contributed by atoms with E-state index in [2.05, 4.69) is 43.6 Å². The lowest BCUT2D eigenvalue weighted by Gasteiger charge is -2.30. The molecule has 0 radical (unpaired) electrons.